The molecule has 0 aromatic carbocycles. The minimum Gasteiger partial charge on any atom is -0.348 e. The SMILES string of the molecule is O=C(NCc1cccnc1)c1csc(Br)c1. The molecule has 0 aliphatic rings. The van der Waals surface area contributed by atoms with E-state index in [1.807, 2.05) is 23.6 Å². The fourth-order valence-electron chi connectivity index (χ4n) is 1.22. The first-order chi connectivity index (χ1) is 7.75. The zero-order valence-corrected chi connectivity index (χ0v) is 10.7. The van der Waals surface area contributed by atoms with E-state index < -0.39 is 0 Å². The molecule has 0 saturated carbocycles. The van der Waals surface area contributed by atoms with Gasteiger partial charge in [-0.1, -0.05) is 6.07 Å². The number of pyridine rings is 1. The molecule has 2 aromatic rings. The van der Waals surface area contributed by atoms with Crippen molar-refractivity contribution in [1.82, 2.24) is 10.3 Å². The molecule has 0 aliphatic heterocycles. The fraction of sp³-hybridized carbons (Fsp3) is 0.0909. The van der Waals surface area contributed by atoms with Crippen LogP contribution in [0.25, 0.3) is 0 Å². The van der Waals surface area contributed by atoms with E-state index in [1.165, 1.54) is 11.3 Å². The molecule has 5 heteroatoms. The van der Waals surface area contributed by atoms with Crippen molar-refractivity contribution in [2.45, 2.75) is 6.54 Å². The molecule has 0 atom stereocenters. The molecule has 2 heterocycles. The van der Waals surface area contributed by atoms with E-state index in [0.717, 1.165) is 9.35 Å². The molecule has 3 nitrogen and oxygen atoms in total. The van der Waals surface area contributed by atoms with Gasteiger partial charge in [0.15, 0.2) is 0 Å². The number of halogens is 1. The van der Waals surface area contributed by atoms with Crippen LogP contribution in [-0.2, 0) is 6.54 Å². The molecule has 0 radical (unpaired) electrons. The van der Waals surface area contributed by atoms with Gasteiger partial charge < -0.3 is 5.32 Å². The molecule has 0 spiro atoms. The Bertz CT molecular complexity index is 484. The first-order valence-corrected chi connectivity index (χ1v) is 6.34. The van der Waals surface area contributed by atoms with E-state index in [-0.39, 0.29) is 5.91 Å². The average molecular weight is 297 g/mol. The lowest BCUT2D eigenvalue weighted by molar-refractivity contribution is 0.0951. The summed E-state index contributed by atoms with van der Waals surface area (Å²) in [5.74, 6) is -0.0641. The van der Waals surface area contributed by atoms with Crippen LogP contribution in [-0.4, -0.2) is 10.9 Å². The van der Waals surface area contributed by atoms with Gasteiger partial charge in [0, 0.05) is 24.3 Å². The Hall–Kier alpha value is -1.20. The summed E-state index contributed by atoms with van der Waals surface area (Å²) in [6.45, 7) is 0.500. The topological polar surface area (TPSA) is 42.0 Å². The standard InChI is InChI=1S/C11H9BrN2OS/c12-10-4-9(7-16-10)11(15)14-6-8-2-1-3-13-5-8/h1-5,7H,6H2,(H,14,15). The highest BCUT2D eigenvalue weighted by molar-refractivity contribution is 9.11. The summed E-state index contributed by atoms with van der Waals surface area (Å²) in [6, 6.07) is 5.59. The normalized spacial score (nSPS) is 10.1. The maximum atomic E-state index is 11.7. The first kappa shape index (κ1) is 11.3. The van der Waals surface area contributed by atoms with Crippen LogP contribution in [0.5, 0.6) is 0 Å². The van der Waals surface area contributed by atoms with Crippen LogP contribution < -0.4 is 5.32 Å². The van der Waals surface area contributed by atoms with E-state index in [2.05, 4.69) is 26.2 Å². The van der Waals surface area contributed by atoms with Gasteiger partial charge in [-0.15, -0.1) is 11.3 Å². The van der Waals surface area contributed by atoms with Gasteiger partial charge >= 0.3 is 0 Å². The van der Waals surface area contributed by atoms with Gasteiger partial charge in [0.05, 0.1) is 9.35 Å². The van der Waals surface area contributed by atoms with Crippen molar-refractivity contribution in [2.24, 2.45) is 0 Å². The number of hydrogen-bond donors (Lipinski definition) is 1. The summed E-state index contributed by atoms with van der Waals surface area (Å²) >= 11 is 4.82. The predicted molar refractivity (Wildman–Crippen MR) is 67.4 cm³/mol. The van der Waals surface area contributed by atoms with Gasteiger partial charge in [0.2, 0.25) is 0 Å². The number of thiophene rings is 1. The third-order valence-corrected chi connectivity index (χ3v) is 3.51. The van der Waals surface area contributed by atoms with Crippen LogP contribution in [0.3, 0.4) is 0 Å². The van der Waals surface area contributed by atoms with Gasteiger partial charge in [-0.25, -0.2) is 0 Å². The molecule has 1 N–H and O–H groups in total. The summed E-state index contributed by atoms with van der Waals surface area (Å²) < 4.78 is 0.957. The largest absolute Gasteiger partial charge is 0.348 e. The summed E-state index contributed by atoms with van der Waals surface area (Å²) in [7, 11) is 0. The number of nitrogens with zero attached hydrogens (tertiary/aromatic N) is 1. The summed E-state index contributed by atoms with van der Waals surface area (Å²) in [5, 5.41) is 4.66. The van der Waals surface area contributed by atoms with Gasteiger partial charge in [-0.3, -0.25) is 9.78 Å². The van der Waals surface area contributed by atoms with E-state index in [9.17, 15) is 4.79 Å². The molecule has 0 unspecified atom stereocenters. The van der Waals surface area contributed by atoms with Gasteiger partial charge in [0.25, 0.3) is 5.91 Å². The monoisotopic (exact) mass is 296 g/mol. The van der Waals surface area contributed by atoms with E-state index >= 15 is 0 Å². The zero-order chi connectivity index (χ0) is 11.4. The second-order valence-electron chi connectivity index (χ2n) is 3.18. The number of rotatable bonds is 3. The highest BCUT2D eigenvalue weighted by Gasteiger charge is 2.06. The van der Waals surface area contributed by atoms with E-state index in [0.29, 0.717) is 12.1 Å². The molecule has 0 saturated heterocycles. The summed E-state index contributed by atoms with van der Waals surface area (Å²) in [5.41, 5.74) is 1.67. The number of carbonyl (C=O) groups excluding carboxylic acids is 1. The Morgan fingerprint density at radius 2 is 2.44 bits per heavy atom. The quantitative estimate of drug-likeness (QED) is 0.946. The zero-order valence-electron chi connectivity index (χ0n) is 8.31. The Morgan fingerprint density at radius 3 is 3.06 bits per heavy atom. The number of aromatic nitrogens is 1. The molecule has 2 aromatic heterocycles. The van der Waals surface area contributed by atoms with Crippen molar-refractivity contribution in [3.05, 3.63) is 50.9 Å². The maximum Gasteiger partial charge on any atom is 0.252 e. The van der Waals surface area contributed by atoms with E-state index in [4.69, 9.17) is 0 Å². The third kappa shape index (κ3) is 2.90. The Balaban J connectivity index is 1.94. The van der Waals surface area contributed by atoms with Crippen LogP contribution in [0.1, 0.15) is 15.9 Å². The molecule has 0 aliphatic carbocycles. The first-order valence-electron chi connectivity index (χ1n) is 4.67. The van der Waals surface area contributed by atoms with Crippen molar-refractivity contribution in [3.8, 4) is 0 Å². The van der Waals surface area contributed by atoms with Crippen molar-refractivity contribution in [2.75, 3.05) is 0 Å². The molecule has 82 valence electrons. The van der Waals surface area contributed by atoms with Gasteiger partial charge in [-0.05, 0) is 33.6 Å². The van der Waals surface area contributed by atoms with Crippen LogP contribution in [0, 0.1) is 0 Å². The molecule has 0 bridgehead atoms. The number of amides is 1. The van der Waals surface area contributed by atoms with Crippen molar-refractivity contribution in [3.63, 3.8) is 0 Å². The molecule has 16 heavy (non-hydrogen) atoms. The molecule has 0 fully saturated rings. The molecular weight excluding hydrogens is 288 g/mol. The second kappa shape index (κ2) is 5.23. The predicted octanol–water partition coefficient (Wildman–Crippen LogP) is 2.84. The lowest BCUT2D eigenvalue weighted by Gasteiger charge is -2.02. The molecule has 1 amide bonds. The molecule has 2 rings (SSSR count). The smallest absolute Gasteiger partial charge is 0.252 e. The summed E-state index contributed by atoms with van der Waals surface area (Å²) in [4.78, 5) is 15.7. The third-order valence-electron chi connectivity index (χ3n) is 2.01. The average Bonchev–Trinajstić information content (AvgIpc) is 2.74. The van der Waals surface area contributed by atoms with Gasteiger partial charge in [0.1, 0.15) is 0 Å². The number of hydrogen-bond acceptors (Lipinski definition) is 3. The number of carbonyl (C=O) groups is 1. The van der Waals surface area contributed by atoms with Crippen molar-refractivity contribution < 1.29 is 4.79 Å². The van der Waals surface area contributed by atoms with Crippen LogP contribution >= 0.6 is 27.3 Å². The Labute approximate surface area is 106 Å². The highest BCUT2D eigenvalue weighted by atomic mass is 79.9. The Kier molecular flexibility index (Phi) is 3.69. The minimum absolute atomic E-state index is 0.0641. The maximum absolute atomic E-state index is 11.7. The van der Waals surface area contributed by atoms with Crippen molar-refractivity contribution in [1.29, 1.82) is 0 Å². The minimum atomic E-state index is -0.0641. The van der Waals surface area contributed by atoms with Crippen molar-refractivity contribution >= 4 is 33.2 Å². The lowest BCUT2D eigenvalue weighted by Crippen LogP contribution is -2.22. The highest BCUT2D eigenvalue weighted by Crippen LogP contribution is 2.20. The van der Waals surface area contributed by atoms with Crippen LogP contribution in [0.2, 0.25) is 0 Å². The fourth-order valence-corrected chi connectivity index (χ4v) is 2.35. The van der Waals surface area contributed by atoms with Crippen LogP contribution in [0.15, 0.2) is 39.8 Å². The number of nitrogens with one attached hydrogen (secondary N) is 1. The lowest BCUT2D eigenvalue weighted by atomic mass is 10.2. The van der Waals surface area contributed by atoms with Crippen LogP contribution in [0.4, 0.5) is 0 Å². The van der Waals surface area contributed by atoms with Gasteiger partial charge in [-0.2, -0.15) is 0 Å². The summed E-state index contributed by atoms with van der Waals surface area (Å²) in [6.07, 6.45) is 3.45. The Morgan fingerprint density at radius 1 is 1.56 bits per heavy atom. The molecular formula is C11H9BrN2OS. The van der Waals surface area contributed by atoms with E-state index in [1.54, 1.807) is 12.4 Å². The second-order valence-corrected chi connectivity index (χ2v) is 5.47.